The van der Waals surface area contributed by atoms with Gasteiger partial charge in [-0.15, -0.1) is 0 Å². The van der Waals surface area contributed by atoms with Crippen molar-refractivity contribution in [3.05, 3.63) is 0 Å². The molecule has 0 aromatic rings. The summed E-state index contributed by atoms with van der Waals surface area (Å²) >= 11 is 0. The molecular formula is C8H20O4Sr. The molecule has 0 rings (SSSR count). The van der Waals surface area contributed by atoms with Crippen molar-refractivity contribution in [2.24, 2.45) is 0 Å². The minimum absolute atomic E-state index is 0. The van der Waals surface area contributed by atoms with Crippen LogP contribution >= 0.6 is 0 Å². The zero-order valence-corrected chi connectivity index (χ0v) is 7.88. The fourth-order valence-electron chi connectivity index (χ4n) is 0.606. The number of hydrogen-bond acceptors (Lipinski definition) is 4. The molecule has 0 amide bonds. The van der Waals surface area contributed by atoms with Gasteiger partial charge in [-0.3, -0.25) is 0 Å². The first kappa shape index (κ1) is 16.7. The van der Waals surface area contributed by atoms with Gasteiger partial charge in [-0.1, -0.05) is 0 Å². The number of ether oxygens (including phenoxy) is 4. The summed E-state index contributed by atoms with van der Waals surface area (Å²) < 4.78 is 19.9. The quantitative estimate of drug-likeness (QED) is 0.413. The number of hydrogen-bond donors (Lipinski definition) is 0. The van der Waals surface area contributed by atoms with Gasteiger partial charge in [-0.05, 0) is 0 Å². The van der Waals surface area contributed by atoms with Gasteiger partial charge in [0, 0.05) is 14.2 Å². The molecule has 0 aromatic carbocycles. The van der Waals surface area contributed by atoms with Crippen LogP contribution in [0.5, 0.6) is 0 Å². The molecule has 0 N–H and O–H groups in total. The Morgan fingerprint density at radius 3 is 1.23 bits per heavy atom. The Hall–Kier alpha value is 1.32. The Labute approximate surface area is 117 Å². The van der Waals surface area contributed by atoms with Gasteiger partial charge in [0.2, 0.25) is 0 Å². The summed E-state index contributed by atoms with van der Waals surface area (Å²) in [4.78, 5) is 0. The molecule has 0 saturated heterocycles. The fourth-order valence-corrected chi connectivity index (χ4v) is 0.606. The Kier molecular flexibility index (Phi) is 20.3. The predicted molar refractivity (Wildman–Crippen MR) is 53.9 cm³/mol. The van der Waals surface area contributed by atoms with Crippen LogP contribution in [0.4, 0.5) is 0 Å². The third-order valence-electron chi connectivity index (χ3n) is 1.24. The molecule has 0 radical (unpaired) electrons. The molecule has 4 nitrogen and oxygen atoms in total. The zero-order valence-electron chi connectivity index (χ0n) is 7.88. The number of rotatable bonds is 9. The van der Waals surface area contributed by atoms with Crippen molar-refractivity contribution in [2.45, 2.75) is 0 Å². The van der Waals surface area contributed by atoms with Gasteiger partial charge in [0.15, 0.2) is 0 Å². The molecule has 0 aliphatic rings. The Balaban J connectivity index is 0. The SMILES string of the molecule is COCCOCCOCCOC.[SrH2]. The molecule has 13 heavy (non-hydrogen) atoms. The number of methoxy groups -OCH3 is 2. The van der Waals surface area contributed by atoms with E-state index in [1.807, 2.05) is 0 Å². The first-order chi connectivity index (χ1) is 5.91. The van der Waals surface area contributed by atoms with Gasteiger partial charge in [-0.25, -0.2) is 0 Å². The second-order valence-electron chi connectivity index (χ2n) is 2.21. The van der Waals surface area contributed by atoms with E-state index in [0.29, 0.717) is 39.6 Å². The summed E-state index contributed by atoms with van der Waals surface area (Å²) in [6.07, 6.45) is 0. The molecule has 78 valence electrons. The average molecular weight is 268 g/mol. The van der Waals surface area contributed by atoms with E-state index in [9.17, 15) is 0 Å². The van der Waals surface area contributed by atoms with Gasteiger partial charge < -0.3 is 18.9 Å². The average Bonchev–Trinajstić information content (AvgIpc) is 2.10. The van der Waals surface area contributed by atoms with Gasteiger partial charge in [0.05, 0.1) is 39.6 Å². The molecular weight excluding hydrogens is 248 g/mol. The first-order valence-electron chi connectivity index (χ1n) is 4.05. The van der Waals surface area contributed by atoms with Crippen LogP contribution in [0.3, 0.4) is 0 Å². The van der Waals surface area contributed by atoms with Crippen LogP contribution in [-0.4, -0.2) is 99.3 Å². The van der Waals surface area contributed by atoms with Crippen LogP contribution in [0, 0.1) is 0 Å². The molecule has 0 heterocycles. The predicted octanol–water partition coefficient (Wildman–Crippen LogP) is -0.604. The van der Waals surface area contributed by atoms with Crippen LogP contribution in [0.2, 0.25) is 0 Å². The molecule has 0 fully saturated rings. The van der Waals surface area contributed by atoms with E-state index in [1.165, 1.54) is 0 Å². The van der Waals surface area contributed by atoms with Crippen molar-refractivity contribution in [1.29, 1.82) is 0 Å². The topological polar surface area (TPSA) is 36.9 Å². The van der Waals surface area contributed by atoms with Crippen LogP contribution in [0.25, 0.3) is 0 Å². The van der Waals surface area contributed by atoms with Crippen LogP contribution in [-0.2, 0) is 18.9 Å². The van der Waals surface area contributed by atoms with Crippen LogP contribution in [0.15, 0.2) is 0 Å². The van der Waals surface area contributed by atoms with E-state index in [0.717, 1.165) is 0 Å². The standard InChI is InChI=1S/C8H18O4.Sr.2H/c1-9-3-5-11-7-8-12-6-4-10-2;;;/h3-8H2,1-2H3;;;. The Bertz CT molecular complexity index is 72.5. The van der Waals surface area contributed by atoms with Crippen LogP contribution in [0.1, 0.15) is 0 Å². The molecule has 0 spiro atoms. The monoisotopic (exact) mass is 268 g/mol. The minimum atomic E-state index is 0. The zero-order chi connectivity index (χ0) is 9.07. The summed E-state index contributed by atoms with van der Waals surface area (Å²) in [6, 6.07) is 0. The van der Waals surface area contributed by atoms with Crippen LogP contribution < -0.4 is 0 Å². The molecule has 0 bridgehead atoms. The fraction of sp³-hybridized carbons (Fsp3) is 1.00. The molecule has 0 aliphatic carbocycles. The van der Waals surface area contributed by atoms with Crippen molar-refractivity contribution in [3.8, 4) is 0 Å². The molecule has 0 aliphatic heterocycles. The molecule has 0 atom stereocenters. The van der Waals surface area contributed by atoms with E-state index in [-0.39, 0.29) is 45.5 Å². The second kappa shape index (κ2) is 15.8. The Morgan fingerprint density at radius 1 is 0.615 bits per heavy atom. The summed E-state index contributed by atoms with van der Waals surface area (Å²) in [5.41, 5.74) is 0. The van der Waals surface area contributed by atoms with Crippen molar-refractivity contribution >= 4 is 45.5 Å². The van der Waals surface area contributed by atoms with E-state index in [2.05, 4.69) is 0 Å². The van der Waals surface area contributed by atoms with Gasteiger partial charge in [0.25, 0.3) is 0 Å². The maximum atomic E-state index is 5.16. The van der Waals surface area contributed by atoms with E-state index < -0.39 is 0 Å². The van der Waals surface area contributed by atoms with Gasteiger partial charge >= 0.3 is 45.5 Å². The van der Waals surface area contributed by atoms with Crippen molar-refractivity contribution in [2.75, 3.05) is 53.9 Å². The molecule has 0 saturated carbocycles. The van der Waals surface area contributed by atoms with E-state index in [1.54, 1.807) is 14.2 Å². The maximum absolute atomic E-state index is 5.16. The summed E-state index contributed by atoms with van der Waals surface area (Å²) in [6.45, 7) is 3.77. The summed E-state index contributed by atoms with van der Waals surface area (Å²) in [7, 11) is 3.30. The molecule has 5 heteroatoms. The molecule has 0 unspecified atom stereocenters. The van der Waals surface area contributed by atoms with Gasteiger partial charge in [0.1, 0.15) is 0 Å². The van der Waals surface area contributed by atoms with Gasteiger partial charge in [-0.2, -0.15) is 0 Å². The van der Waals surface area contributed by atoms with E-state index >= 15 is 0 Å². The Morgan fingerprint density at radius 2 is 0.923 bits per heavy atom. The van der Waals surface area contributed by atoms with Crippen molar-refractivity contribution in [1.82, 2.24) is 0 Å². The first-order valence-corrected chi connectivity index (χ1v) is 4.05. The normalized spacial score (nSPS) is 9.69. The van der Waals surface area contributed by atoms with Crippen molar-refractivity contribution < 1.29 is 18.9 Å². The molecule has 0 aromatic heterocycles. The second-order valence-corrected chi connectivity index (χ2v) is 2.21. The third-order valence-corrected chi connectivity index (χ3v) is 1.24. The summed E-state index contributed by atoms with van der Waals surface area (Å²) in [5.74, 6) is 0. The summed E-state index contributed by atoms with van der Waals surface area (Å²) in [5, 5.41) is 0. The third kappa shape index (κ3) is 16.0. The van der Waals surface area contributed by atoms with E-state index in [4.69, 9.17) is 18.9 Å². The van der Waals surface area contributed by atoms with Crippen molar-refractivity contribution in [3.63, 3.8) is 0 Å².